The van der Waals surface area contributed by atoms with E-state index in [1.54, 1.807) is 24.0 Å². The maximum Gasteiger partial charge on any atom is 0.242 e. The van der Waals surface area contributed by atoms with Gasteiger partial charge in [-0.2, -0.15) is 0 Å². The fourth-order valence-electron chi connectivity index (χ4n) is 2.87. The molecule has 0 saturated heterocycles. The number of hydrogen-bond acceptors (Lipinski definition) is 3. The second-order valence-corrected chi connectivity index (χ2v) is 8.02. The van der Waals surface area contributed by atoms with Crippen LogP contribution < -0.4 is 5.32 Å². The summed E-state index contributed by atoms with van der Waals surface area (Å²) in [6.07, 6.45) is 0.830. The number of aryl methyl sites for hydroxylation is 1. The van der Waals surface area contributed by atoms with Crippen LogP contribution in [0.15, 0.2) is 48.5 Å². The van der Waals surface area contributed by atoms with Crippen molar-refractivity contribution in [1.29, 1.82) is 0 Å². The first-order valence-electron chi connectivity index (χ1n) is 9.86. The van der Waals surface area contributed by atoms with E-state index in [1.807, 2.05) is 19.1 Å². The van der Waals surface area contributed by atoms with Gasteiger partial charge in [-0.25, -0.2) is 4.39 Å². The quantitative estimate of drug-likeness (QED) is 0.628. The normalized spacial score (nSPS) is 11.7. The van der Waals surface area contributed by atoms with E-state index >= 15 is 0 Å². The van der Waals surface area contributed by atoms with E-state index in [0.717, 1.165) is 17.7 Å². The highest BCUT2D eigenvalue weighted by atomic mass is 32.2. The molecule has 1 N–H and O–H groups in total. The molecule has 0 aliphatic heterocycles. The van der Waals surface area contributed by atoms with E-state index < -0.39 is 6.04 Å². The number of nitrogens with one attached hydrogen (secondary N) is 1. The van der Waals surface area contributed by atoms with Crippen molar-refractivity contribution in [3.8, 4) is 0 Å². The summed E-state index contributed by atoms with van der Waals surface area (Å²) in [6, 6.07) is 13.5. The molecule has 2 aromatic rings. The minimum absolute atomic E-state index is 0.105. The van der Waals surface area contributed by atoms with Gasteiger partial charge in [0.1, 0.15) is 11.9 Å². The van der Waals surface area contributed by atoms with Crippen molar-refractivity contribution >= 4 is 23.6 Å². The largest absolute Gasteiger partial charge is 0.354 e. The molecular weight excluding hydrogens is 387 g/mol. The Hall–Kier alpha value is -2.34. The zero-order valence-corrected chi connectivity index (χ0v) is 18.1. The van der Waals surface area contributed by atoms with E-state index in [4.69, 9.17) is 0 Å². The van der Waals surface area contributed by atoms with Crippen molar-refractivity contribution in [3.05, 3.63) is 71.0 Å². The second-order valence-electron chi connectivity index (χ2n) is 7.03. The average Bonchev–Trinajstić information content (AvgIpc) is 2.72. The number of carbonyl (C=O) groups is 2. The van der Waals surface area contributed by atoms with Gasteiger partial charge >= 0.3 is 0 Å². The Bertz CT molecular complexity index is 811. The highest BCUT2D eigenvalue weighted by Crippen LogP contribution is 2.18. The van der Waals surface area contributed by atoms with E-state index in [1.165, 1.54) is 35.0 Å². The maximum absolute atomic E-state index is 13.2. The van der Waals surface area contributed by atoms with Crippen LogP contribution in [0.5, 0.6) is 0 Å². The number of thioether (sulfide) groups is 1. The van der Waals surface area contributed by atoms with Gasteiger partial charge in [-0.05, 0) is 49.1 Å². The fourth-order valence-corrected chi connectivity index (χ4v) is 3.85. The summed E-state index contributed by atoms with van der Waals surface area (Å²) in [5.74, 6) is 0.410. The van der Waals surface area contributed by atoms with Crippen molar-refractivity contribution in [1.82, 2.24) is 10.2 Å². The molecule has 0 radical (unpaired) electrons. The van der Waals surface area contributed by atoms with Crippen molar-refractivity contribution in [2.24, 2.45) is 0 Å². The van der Waals surface area contributed by atoms with E-state index in [-0.39, 0.29) is 29.9 Å². The van der Waals surface area contributed by atoms with Crippen molar-refractivity contribution in [3.63, 3.8) is 0 Å². The monoisotopic (exact) mass is 416 g/mol. The molecule has 0 aromatic heterocycles. The third-order valence-corrected chi connectivity index (χ3v) is 5.69. The van der Waals surface area contributed by atoms with E-state index in [2.05, 4.69) is 24.4 Å². The van der Waals surface area contributed by atoms with Crippen LogP contribution >= 0.6 is 11.8 Å². The number of amides is 2. The standard InChI is InChI=1S/C23H29FN2O2S/c1-4-13-25-23(28)18(3)26(14-19-9-11-21(24)12-10-19)22(27)16-29-15-20-8-6-5-7-17(20)2/h5-12,18H,4,13-16H2,1-3H3,(H,25,28)/t18-/m0/s1. The molecule has 29 heavy (non-hydrogen) atoms. The number of rotatable bonds is 10. The molecule has 0 fully saturated rings. The molecule has 0 aliphatic carbocycles. The molecule has 1 atom stereocenters. The van der Waals surface area contributed by atoms with Gasteiger partial charge in [0, 0.05) is 18.8 Å². The van der Waals surface area contributed by atoms with Gasteiger partial charge in [0.2, 0.25) is 11.8 Å². The SMILES string of the molecule is CCCNC(=O)[C@H](C)N(Cc1ccc(F)cc1)C(=O)CSCc1ccccc1C. The minimum atomic E-state index is -0.599. The first kappa shape index (κ1) is 22.9. The predicted octanol–water partition coefficient (Wildman–Crippen LogP) is 4.31. The molecule has 0 heterocycles. The molecular formula is C23H29FN2O2S. The van der Waals surface area contributed by atoms with E-state index in [0.29, 0.717) is 6.54 Å². The van der Waals surface area contributed by atoms with Crippen molar-refractivity contribution in [2.45, 2.75) is 45.5 Å². The molecule has 0 aliphatic rings. The number of halogens is 1. The smallest absolute Gasteiger partial charge is 0.242 e. The highest BCUT2D eigenvalue weighted by Gasteiger charge is 2.25. The third kappa shape index (κ3) is 7.20. The fraction of sp³-hybridized carbons (Fsp3) is 0.391. The first-order valence-corrected chi connectivity index (χ1v) is 11.0. The lowest BCUT2D eigenvalue weighted by Gasteiger charge is -2.28. The van der Waals surface area contributed by atoms with Crippen LogP contribution in [0.3, 0.4) is 0 Å². The van der Waals surface area contributed by atoms with Crippen LogP contribution in [-0.4, -0.2) is 35.1 Å². The summed E-state index contributed by atoms with van der Waals surface area (Å²) in [4.78, 5) is 27.0. The lowest BCUT2D eigenvalue weighted by molar-refractivity contribution is -0.138. The molecule has 2 amide bonds. The molecule has 0 saturated carbocycles. The van der Waals surface area contributed by atoms with Crippen LogP contribution in [-0.2, 0) is 21.9 Å². The number of nitrogens with zero attached hydrogens (tertiary/aromatic N) is 1. The summed E-state index contributed by atoms with van der Waals surface area (Å²) in [5.41, 5.74) is 3.19. The van der Waals surface area contributed by atoms with Crippen molar-refractivity contribution < 1.29 is 14.0 Å². The summed E-state index contributed by atoms with van der Waals surface area (Å²) in [7, 11) is 0. The Morgan fingerprint density at radius 3 is 2.48 bits per heavy atom. The van der Waals surface area contributed by atoms with Gasteiger partial charge in [0.25, 0.3) is 0 Å². The number of benzene rings is 2. The molecule has 0 bridgehead atoms. The van der Waals surface area contributed by atoms with Gasteiger partial charge in [0.15, 0.2) is 0 Å². The van der Waals surface area contributed by atoms with E-state index in [9.17, 15) is 14.0 Å². The Kier molecular flexibility index (Phi) is 9.19. The number of carbonyl (C=O) groups excluding carboxylic acids is 2. The third-order valence-electron chi connectivity index (χ3n) is 4.73. The molecule has 2 aromatic carbocycles. The summed E-state index contributed by atoms with van der Waals surface area (Å²) >= 11 is 1.53. The zero-order chi connectivity index (χ0) is 21.2. The lowest BCUT2D eigenvalue weighted by Crippen LogP contribution is -2.48. The van der Waals surface area contributed by atoms with Crippen LogP contribution in [0, 0.1) is 12.7 Å². The topological polar surface area (TPSA) is 49.4 Å². The maximum atomic E-state index is 13.2. The summed E-state index contributed by atoms with van der Waals surface area (Å²) < 4.78 is 13.2. The number of hydrogen-bond donors (Lipinski definition) is 1. The Morgan fingerprint density at radius 2 is 1.83 bits per heavy atom. The molecule has 6 heteroatoms. The molecule has 4 nitrogen and oxygen atoms in total. The van der Waals surface area contributed by atoms with Crippen LogP contribution in [0.1, 0.15) is 37.0 Å². The van der Waals surface area contributed by atoms with Crippen LogP contribution in [0.2, 0.25) is 0 Å². The van der Waals surface area contributed by atoms with Gasteiger partial charge < -0.3 is 10.2 Å². The van der Waals surface area contributed by atoms with Crippen LogP contribution in [0.4, 0.5) is 4.39 Å². The van der Waals surface area contributed by atoms with Gasteiger partial charge in [0.05, 0.1) is 5.75 Å². The van der Waals surface area contributed by atoms with Crippen molar-refractivity contribution in [2.75, 3.05) is 12.3 Å². The Labute approximate surface area is 176 Å². The first-order chi connectivity index (χ1) is 13.9. The van der Waals surface area contributed by atoms with Crippen LogP contribution in [0.25, 0.3) is 0 Å². The Morgan fingerprint density at radius 1 is 1.14 bits per heavy atom. The predicted molar refractivity (Wildman–Crippen MR) is 117 cm³/mol. The van der Waals surface area contributed by atoms with Gasteiger partial charge in [-0.15, -0.1) is 11.8 Å². The average molecular weight is 417 g/mol. The van der Waals surface area contributed by atoms with Gasteiger partial charge in [-0.3, -0.25) is 9.59 Å². The molecule has 156 valence electrons. The summed E-state index contributed by atoms with van der Waals surface area (Å²) in [5, 5.41) is 2.85. The summed E-state index contributed by atoms with van der Waals surface area (Å²) in [6.45, 7) is 6.61. The lowest BCUT2D eigenvalue weighted by atomic mass is 10.1. The molecule has 0 unspecified atom stereocenters. The van der Waals surface area contributed by atoms with Gasteiger partial charge in [-0.1, -0.05) is 43.3 Å². The second kappa shape index (κ2) is 11.6. The Balaban J connectivity index is 2.05. The minimum Gasteiger partial charge on any atom is -0.354 e. The zero-order valence-electron chi connectivity index (χ0n) is 17.3. The molecule has 2 rings (SSSR count). The highest BCUT2D eigenvalue weighted by molar-refractivity contribution is 7.99. The molecule has 0 spiro atoms.